The molecule has 1 aromatic heterocycles. The van der Waals surface area contributed by atoms with Crippen molar-refractivity contribution in [3.63, 3.8) is 0 Å². The van der Waals surface area contributed by atoms with Crippen LogP contribution in [0, 0.1) is 0 Å². The van der Waals surface area contributed by atoms with Gasteiger partial charge in [0.1, 0.15) is 0 Å². The zero-order valence-electron chi connectivity index (χ0n) is 8.36. The molecule has 2 aromatic rings. The first-order valence-corrected chi connectivity index (χ1v) is 5.36. The number of H-pyrrole nitrogens is 1. The summed E-state index contributed by atoms with van der Waals surface area (Å²) in [6, 6.07) is 7.00. The first-order valence-electron chi connectivity index (χ1n) is 4.73. The third-order valence-electron chi connectivity index (χ3n) is 2.20. The number of hydrogen-bond donors (Lipinski definition) is 3. The average Bonchev–Trinajstić information content (AvgIpc) is 2.30. The summed E-state index contributed by atoms with van der Waals surface area (Å²) < 4.78 is 0. The summed E-state index contributed by atoms with van der Waals surface area (Å²) in [6.45, 7) is 0. The lowest BCUT2D eigenvalue weighted by Crippen LogP contribution is -2.13. The van der Waals surface area contributed by atoms with Gasteiger partial charge in [0.15, 0.2) is 0 Å². The van der Waals surface area contributed by atoms with Gasteiger partial charge in [-0.05, 0) is 23.6 Å². The fourth-order valence-corrected chi connectivity index (χ4v) is 1.54. The predicted octanol–water partition coefficient (Wildman–Crippen LogP) is 1.40. The molecule has 1 amide bonds. The summed E-state index contributed by atoms with van der Waals surface area (Å²) >= 11 is 3.86. The number of benzene rings is 1. The standard InChI is InChI=1S/C11H10N2O2S/c14-10(6-16)13-8-2-1-7-3-4-12-11(15)9(7)5-8/h1-5,16H,6H2,(H,12,15)(H,13,14). The van der Waals surface area contributed by atoms with E-state index < -0.39 is 0 Å². The molecule has 0 atom stereocenters. The number of carbonyl (C=O) groups is 1. The van der Waals surface area contributed by atoms with E-state index in [1.54, 1.807) is 30.5 Å². The second-order valence-corrected chi connectivity index (χ2v) is 3.63. The summed E-state index contributed by atoms with van der Waals surface area (Å²) in [5.74, 6) is -0.0848. The van der Waals surface area contributed by atoms with Crippen LogP contribution in [-0.2, 0) is 4.79 Å². The molecule has 1 aromatic carbocycles. The maximum absolute atomic E-state index is 11.5. The van der Waals surface area contributed by atoms with Crippen LogP contribution in [0.25, 0.3) is 10.8 Å². The average molecular weight is 234 g/mol. The van der Waals surface area contributed by atoms with Crippen molar-refractivity contribution in [3.8, 4) is 0 Å². The molecule has 0 bridgehead atoms. The SMILES string of the molecule is O=C(CS)Nc1ccc2cc[nH]c(=O)c2c1. The first-order chi connectivity index (χ1) is 7.70. The molecule has 0 saturated heterocycles. The number of carbonyl (C=O) groups excluding carboxylic acids is 1. The van der Waals surface area contributed by atoms with E-state index in [4.69, 9.17) is 0 Å². The topological polar surface area (TPSA) is 62.0 Å². The molecule has 16 heavy (non-hydrogen) atoms. The van der Waals surface area contributed by atoms with Gasteiger partial charge in [-0.15, -0.1) is 0 Å². The Hall–Kier alpha value is -1.75. The first kappa shape index (κ1) is 10.8. The Balaban J connectivity index is 2.47. The minimum atomic E-state index is -0.199. The lowest BCUT2D eigenvalue weighted by molar-refractivity contribution is -0.113. The zero-order chi connectivity index (χ0) is 11.5. The summed E-state index contributed by atoms with van der Waals surface area (Å²) in [7, 11) is 0. The van der Waals surface area contributed by atoms with E-state index in [0.717, 1.165) is 5.39 Å². The monoisotopic (exact) mass is 234 g/mol. The lowest BCUT2D eigenvalue weighted by Gasteiger charge is -2.04. The molecule has 2 rings (SSSR count). The van der Waals surface area contributed by atoms with Crippen molar-refractivity contribution in [3.05, 3.63) is 40.8 Å². The fraction of sp³-hybridized carbons (Fsp3) is 0.0909. The van der Waals surface area contributed by atoms with Crippen LogP contribution in [0.3, 0.4) is 0 Å². The molecule has 4 nitrogen and oxygen atoms in total. The number of pyridine rings is 1. The van der Waals surface area contributed by atoms with Crippen molar-refractivity contribution in [1.29, 1.82) is 0 Å². The molecule has 0 aliphatic rings. The van der Waals surface area contributed by atoms with Crippen LogP contribution in [-0.4, -0.2) is 16.6 Å². The number of anilines is 1. The van der Waals surface area contributed by atoms with Gasteiger partial charge < -0.3 is 10.3 Å². The highest BCUT2D eigenvalue weighted by atomic mass is 32.1. The van der Waals surface area contributed by atoms with Gasteiger partial charge in [-0.2, -0.15) is 12.6 Å². The summed E-state index contributed by atoms with van der Waals surface area (Å²) in [6.07, 6.45) is 1.59. The second-order valence-electron chi connectivity index (χ2n) is 3.32. The van der Waals surface area contributed by atoms with Crippen molar-refractivity contribution in [2.45, 2.75) is 0 Å². The molecule has 0 radical (unpaired) electrons. The molecule has 5 heteroatoms. The van der Waals surface area contributed by atoms with E-state index in [2.05, 4.69) is 22.9 Å². The molecule has 0 spiro atoms. The van der Waals surface area contributed by atoms with Gasteiger partial charge in [0.05, 0.1) is 5.75 Å². The van der Waals surface area contributed by atoms with Crippen LogP contribution in [0.5, 0.6) is 0 Å². The van der Waals surface area contributed by atoms with Crippen LogP contribution < -0.4 is 10.9 Å². The molecule has 1 heterocycles. The Bertz CT molecular complexity index is 592. The van der Waals surface area contributed by atoms with Gasteiger partial charge in [0.25, 0.3) is 5.56 Å². The lowest BCUT2D eigenvalue weighted by atomic mass is 10.1. The highest BCUT2D eigenvalue weighted by Crippen LogP contribution is 2.15. The summed E-state index contributed by atoms with van der Waals surface area (Å²) in [5.41, 5.74) is 0.433. The largest absolute Gasteiger partial charge is 0.329 e. The molecule has 0 unspecified atom stereocenters. The number of aromatic amines is 1. The Morgan fingerprint density at radius 3 is 2.94 bits per heavy atom. The van der Waals surface area contributed by atoms with Crippen LogP contribution in [0.1, 0.15) is 0 Å². The zero-order valence-corrected chi connectivity index (χ0v) is 9.25. The predicted molar refractivity (Wildman–Crippen MR) is 67.1 cm³/mol. The Labute approximate surface area is 97.1 Å². The quantitative estimate of drug-likeness (QED) is 0.688. The Morgan fingerprint density at radius 2 is 2.19 bits per heavy atom. The van der Waals surface area contributed by atoms with Gasteiger partial charge in [0.2, 0.25) is 5.91 Å². The molecule has 0 aliphatic heterocycles. The van der Waals surface area contributed by atoms with E-state index >= 15 is 0 Å². The number of nitrogens with one attached hydrogen (secondary N) is 2. The second kappa shape index (κ2) is 4.40. The smallest absolute Gasteiger partial charge is 0.255 e. The molecular weight excluding hydrogens is 224 g/mol. The minimum Gasteiger partial charge on any atom is -0.329 e. The molecular formula is C11H10N2O2S. The van der Waals surface area contributed by atoms with Crippen molar-refractivity contribution >= 4 is 35.0 Å². The van der Waals surface area contributed by atoms with Crippen LogP contribution in [0.15, 0.2) is 35.3 Å². The summed E-state index contributed by atoms with van der Waals surface area (Å²) in [5, 5.41) is 4.04. The van der Waals surface area contributed by atoms with Crippen LogP contribution in [0.2, 0.25) is 0 Å². The fourth-order valence-electron chi connectivity index (χ4n) is 1.46. The van der Waals surface area contributed by atoms with Crippen LogP contribution >= 0.6 is 12.6 Å². The van der Waals surface area contributed by atoms with E-state index in [1.165, 1.54) is 0 Å². The van der Waals surface area contributed by atoms with Crippen molar-refractivity contribution in [1.82, 2.24) is 4.98 Å². The molecule has 82 valence electrons. The Morgan fingerprint density at radius 1 is 1.38 bits per heavy atom. The number of amides is 1. The third kappa shape index (κ3) is 2.09. The highest BCUT2D eigenvalue weighted by molar-refractivity contribution is 7.81. The number of rotatable bonds is 2. The summed E-state index contributed by atoms with van der Waals surface area (Å²) in [4.78, 5) is 25.2. The maximum Gasteiger partial charge on any atom is 0.255 e. The van der Waals surface area contributed by atoms with Gasteiger partial charge in [-0.3, -0.25) is 9.59 Å². The number of thiol groups is 1. The van der Waals surface area contributed by atoms with Gasteiger partial charge >= 0.3 is 0 Å². The Kier molecular flexibility index (Phi) is 2.96. The van der Waals surface area contributed by atoms with E-state index in [1.807, 2.05) is 0 Å². The van der Waals surface area contributed by atoms with E-state index in [-0.39, 0.29) is 17.2 Å². The molecule has 0 fully saturated rings. The van der Waals surface area contributed by atoms with Gasteiger partial charge in [-0.25, -0.2) is 0 Å². The number of hydrogen-bond acceptors (Lipinski definition) is 3. The highest BCUT2D eigenvalue weighted by Gasteiger charge is 2.02. The van der Waals surface area contributed by atoms with Gasteiger partial charge in [-0.1, -0.05) is 6.07 Å². The van der Waals surface area contributed by atoms with E-state index in [0.29, 0.717) is 11.1 Å². The normalized spacial score (nSPS) is 10.3. The molecule has 0 saturated carbocycles. The molecule has 0 aliphatic carbocycles. The van der Waals surface area contributed by atoms with Crippen molar-refractivity contribution < 1.29 is 4.79 Å². The maximum atomic E-state index is 11.5. The third-order valence-corrected chi connectivity index (χ3v) is 2.49. The van der Waals surface area contributed by atoms with E-state index in [9.17, 15) is 9.59 Å². The van der Waals surface area contributed by atoms with Gasteiger partial charge in [0, 0.05) is 17.3 Å². The van der Waals surface area contributed by atoms with Crippen molar-refractivity contribution in [2.75, 3.05) is 11.1 Å². The minimum absolute atomic E-state index is 0.114. The number of aromatic nitrogens is 1. The number of fused-ring (bicyclic) bond motifs is 1. The molecule has 2 N–H and O–H groups in total. The van der Waals surface area contributed by atoms with Crippen molar-refractivity contribution in [2.24, 2.45) is 0 Å². The van der Waals surface area contributed by atoms with Crippen LogP contribution in [0.4, 0.5) is 5.69 Å².